The number of nitrogens with one attached hydrogen (secondary N) is 1. The van der Waals surface area contributed by atoms with E-state index in [1.54, 1.807) is 0 Å². The fourth-order valence-corrected chi connectivity index (χ4v) is 5.36. The molecule has 1 saturated heterocycles. The van der Waals surface area contributed by atoms with Gasteiger partial charge in [0.05, 0.1) is 23.5 Å². The Bertz CT molecular complexity index is 1370. The van der Waals surface area contributed by atoms with E-state index < -0.39 is 0 Å². The van der Waals surface area contributed by atoms with Crippen molar-refractivity contribution in [3.8, 4) is 0 Å². The van der Waals surface area contributed by atoms with Gasteiger partial charge in [0, 0.05) is 36.6 Å². The Morgan fingerprint density at radius 3 is 2.59 bits per heavy atom. The highest BCUT2D eigenvalue weighted by atomic mass is 35.5. The van der Waals surface area contributed by atoms with Crippen LogP contribution in [0, 0.1) is 5.41 Å². The molecule has 1 aromatic heterocycles. The number of hydrogen-bond donors (Lipinski definition) is 2. The monoisotopic (exact) mass is 592 g/mol. The number of piperidine rings is 1. The van der Waals surface area contributed by atoms with E-state index in [1.807, 2.05) is 6.92 Å². The molecule has 0 saturated carbocycles. The fourth-order valence-electron chi connectivity index (χ4n) is 5.03. The number of amidine groups is 2. The maximum absolute atomic E-state index is 6.10. The van der Waals surface area contributed by atoms with Gasteiger partial charge in [0.1, 0.15) is 5.69 Å². The highest BCUT2D eigenvalue weighted by molar-refractivity contribution is 7.27. The molecule has 0 amide bonds. The van der Waals surface area contributed by atoms with Crippen molar-refractivity contribution < 1.29 is 0 Å². The molecule has 4 rings (SSSR count). The number of rotatable bonds is 11. The summed E-state index contributed by atoms with van der Waals surface area (Å²) in [6.45, 7) is 18.3. The highest BCUT2D eigenvalue weighted by Gasteiger charge is 2.30. The van der Waals surface area contributed by atoms with Gasteiger partial charge in [-0.05, 0) is 56.4 Å². The van der Waals surface area contributed by atoms with E-state index in [2.05, 4.69) is 85.7 Å². The second-order valence-electron chi connectivity index (χ2n) is 11.2. The van der Waals surface area contributed by atoms with E-state index in [1.165, 1.54) is 17.0 Å². The normalized spacial score (nSPS) is 16.8. The minimum absolute atomic E-state index is 0.131. The summed E-state index contributed by atoms with van der Waals surface area (Å²) in [6, 6.07) is 8.58. The molecule has 1 fully saturated rings. The summed E-state index contributed by atoms with van der Waals surface area (Å²) in [4.78, 5) is 25.2. The predicted molar refractivity (Wildman–Crippen MR) is 178 cm³/mol. The summed E-state index contributed by atoms with van der Waals surface area (Å²) in [6.07, 6.45) is 6.15. The molecule has 41 heavy (non-hydrogen) atoms. The van der Waals surface area contributed by atoms with Crippen molar-refractivity contribution in [1.82, 2.24) is 20.2 Å². The molecular formula is C31H42ClN8P. The standard InChI is InChI=1S/C31H42ClN8P/c1-6-23-10-12-24(13-11-23)29-34-18-25(37-29)9-7-8-20(2)40-16-14-31(5,15-17-40)19-35-22(4)36-21(3)26-28(33)39-30(41)27(32)38-26/h10-13H,2-3,6-9,14-19,41H2,1,4-5H3,(H2,33,39)(H,35,36). The Labute approximate surface area is 251 Å². The Hall–Kier alpha value is -3.09. The molecule has 1 unspecified atom stereocenters. The van der Waals surface area contributed by atoms with E-state index in [0.29, 0.717) is 23.4 Å². The first-order chi connectivity index (χ1) is 19.6. The predicted octanol–water partition coefficient (Wildman–Crippen LogP) is 5.44. The molecule has 1 aromatic carbocycles. The summed E-state index contributed by atoms with van der Waals surface area (Å²) < 4.78 is 0. The summed E-state index contributed by atoms with van der Waals surface area (Å²) in [5, 5.41) is 3.47. The number of allylic oxidation sites excluding steroid dienone is 1. The minimum atomic E-state index is 0.131. The fraction of sp³-hybridized carbons (Fsp3) is 0.452. The van der Waals surface area contributed by atoms with Crippen molar-refractivity contribution >= 4 is 55.2 Å². The van der Waals surface area contributed by atoms with Gasteiger partial charge in [-0.3, -0.25) is 9.98 Å². The number of nitrogens with two attached hydrogens (primary N) is 1. The maximum Gasteiger partial charge on any atom is 0.155 e. The van der Waals surface area contributed by atoms with Gasteiger partial charge in [0.15, 0.2) is 16.8 Å². The molecule has 3 heterocycles. The molecule has 8 nitrogen and oxygen atoms in total. The van der Waals surface area contributed by atoms with Crippen LogP contribution in [0.15, 0.2) is 58.1 Å². The Balaban J connectivity index is 1.19. The van der Waals surface area contributed by atoms with E-state index >= 15 is 0 Å². The van der Waals surface area contributed by atoms with Crippen molar-refractivity contribution in [2.45, 2.75) is 59.3 Å². The zero-order chi connectivity index (χ0) is 29.6. The number of halogens is 1. The van der Waals surface area contributed by atoms with Crippen LogP contribution in [0.5, 0.6) is 0 Å². The lowest BCUT2D eigenvalue weighted by molar-refractivity contribution is 0.149. The molecule has 1 atom stereocenters. The molecule has 0 bridgehead atoms. The zero-order valence-electron chi connectivity index (χ0n) is 24.5. The Morgan fingerprint density at radius 2 is 1.90 bits per heavy atom. The first-order valence-corrected chi connectivity index (χ1v) is 15.2. The number of nitrogens with zero attached hydrogens (tertiary/aromatic N) is 6. The quantitative estimate of drug-likeness (QED) is 0.205. The number of aryl methyl sites for hydroxylation is 1. The van der Waals surface area contributed by atoms with E-state index in [-0.39, 0.29) is 16.4 Å². The average molecular weight is 593 g/mol. The van der Waals surface area contributed by atoms with Crippen molar-refractivity contribution in [1.29, 1.82) is 0 Å². The SMILES string of the molecule is C=C(NC(C)=NCC1(C)CCN(C(=C)CCCC2=NC(c3ccc(CC)cc3)=NC2)CC1)c1nc(Cl)c(P)nc1N. The number of anilines is 1. The van der Waals surface area contributed by atoms with Crippen molar-refractivity contribution in [3.63, 3.8) is 0 Å². The van der Waals surface area contributed by atoms with E-state index in [4.69, 9.17) is 27.3 Å². The lowest BCUT2D eigenvalue weighted by atomic mass is 9.80. The molecule has 2 aliphatic rings. The number of aliphatic imine (C=N–C) groups is 3. The van der Waals surface area contributed by atoms with Crippen LogP contribution in [-0.2, 0) is 6.42 Å². The van der Waals surface area contributed by atoms with Gasteiger partial charge in [-0.15, -0.1) is 0 Å². The van der Waals surface area contributed by atoms with Gasteiger partial charge in [-0.25, -0.2) is 15.0 Å². The number of nitrogen functional groups attached to an aromatic ring is 1. The second-order valence-corrected chi connectivity index (χ2v) is 12.1. The van der Waals surface area contributed by atoms with E-state index in [0.717, 1.165) is 75.4 Å². The van der Waals surface area contributed by atoms with Crippen LogP contribution in [0.4, 0.5) is 5.82 Å². The third kappa shape index (κ3) is 8.23. The molecular weight excluding hydrogens is 551 g/mol. The largest absolute Gasteiger partial charge is 0.382 e. The maximum atomic E-state index is 6.10. The van der Waals surface area contributed by atoms with Crippen LogP contribution in [0.25, 0.3) is 5.70 Å². The van der Waals surface area contributed by atoms with Gasteiger partial charge in [-0.2, -0.15) is 0 Å². The third-order valence-electron chi connectivity index (χ3n) is 7.86. The highest BCUT2D eigenvalue weighted by Crippen LogP contribution is 2.33. The number of aromatic nitrogens is 2. The summed E-state index contributed by atoms with van der Waals surface area (Å²) >= 11 is 6.10. The zero-order valence-corrected chi connectivity index (χ0v) is 26.4. The van der Waals surface area contributed by atoms with E-state index in [9.17, 15) is 0 Å². The van der Waals surface area contributed by atoms with Gasteiger partial charge in [-0.1, -0.05) is 72.1 Å². The van der Waals surface area contributed by atoms with Crippen LogP contribution < -0.4 is 16.5 Å². The molecule has 10 heteroatoms. The summed E-state index contributed by atoms with van der Waals surface area (Å²) in [5.74, 6) is 1.90. The van der Waals surface area contributed by atoms with Crippen LogP contribution in [-0.4, -0.2) is 58.4 Å². The molecule has 0 spiro atoms. The minimum Gasteiger partial charge on any atom is -0.382 e. The number of likely N-dealkylation sites (tertiary alicyclic amines) is 1. The summed E-state index contributed by atoms with van der Waals surface area (Å²) in [7, 11) is 2.42. The molecule has 2 aliphatic heterocycles. The Morgan fingerprint density at radius 1 is 1.20 bits per heavy atom. The summed E-state index contributed by atoms with van der Waals surface area (Å²) in [5.41, 5.74) is 12.4. The molecule has 2 aromatic rings. The van der Waals surface area contributed by atoms with Gasteiger partial charge in [0.25, 0.3) is 0 Å². The molecule has 0 radical (unpaired) electrons. The van der Waals surface area contributed by atoms with Crippen molar-refractivity contribution in [2.24, 2.45) is 20.4 Å². The first kappa shape index (κ1) is 30.9. The van der Waals surface area contributed by atoms with Crippen LogP contribution in [0.1, 0.15) is 69.7 Å². The first-order valence-electron chi connectivity index (χ1n) is 14.3. The molecule has 0 aliphatic carbocycles. The smallest absolute Gasteiger partial charge is 0.155 e. The molecule has 3 N–H and O–H groups in total. The van der Waals surface area contributed by atoms with Crippen molar-refractivity contribution in [2.75, 3.05) is 31.9 Å². The lowest BCUT2D eigenvalue weighted by Gasteiger charge is -2.40. The van der Waals surface area contributed by atoms with Gasteiger partial charge >= 0.3 is 0 Å². The van der Waals surface area contributed by atoms with Crippen LogP contribution in [0.3, 0.4) is 0 Å². The van der Waals surface area contributed by atoms with Crippen LogP contribution >= 0.6 is 20.8 Å². The number of benzene rings is 1. The lowest BCUT2D eigenvalue weighted by Crippen LogP contribution is -2.39. The topological polar surface area (TPSA) is 104 Å². The average Bonchev–Trinajstić information content (AvgIpc) is 3.43. The third-order valence-corrected chi connectivity index (χ3v) is 8.73. The second kappa shape index (κ2) is 13.7. The van der Waals surface area contributed by atoms with Crippen LogP contribution in [0.2, 0.25) is 5.15 Å². The van der Waals surface area contributed by atoms with Gasteiger partial charge in [0.2, 0.25) is 0 Å². The number of hydrogen-bond acceptors (Lipinski definition) is 7. The van der Waals surface area contributed by atoms with Crippen molar-refractivity contribution in [3.05, 3.63) is 65.1 Å². The van der Waals surface area contributed by atoms with Gasteiger partial charge < -0.3 is 16.0 Å². The molecule has 218 valence electrons. The Kier molecular flexibility index (Phi) is 10.3.